The maximum atomic E-state index is 4.48. The smallest absolute Gasteiger partial charge is 0.0748 e. The Kier molecular flexibility index (Phi) is 2.74. The zero-order chi connectivity index (χ0) is 11.5. The van der Waals surface area contributed by atoms with Crippen LogP contribution in [0.1, 0.15) is 24.4 Å². The van der Waals surface area contributed by atoms with Crippen LogP contribution in [0, 0.1) is 0 Å². The maximum absolute atomic E-state index is 4.48. The Morgan fingerprint density at radius 2 is 1.53 bits per heavy atom. The summed E-state index contributed by atoms with van der Waals surface area (Å²) in [6.07, 6.45) is 4.31. The fourth-order valence-corrected chi connectivity index (χ4v) is 2.29. The van der Waals surface area contributed by atoms with Gasteiger partial charge < -0.3 is 0 Å². The second-order valence-corrected chi connectivity index (χ2v) is 4.41. The quantitative estimate of drug-likeness (QED) is 0.718. The van der Waals surface area contributed by atoms with Crippen LogP contribution < -0.4 is 0 Å². The molecule has 1 atom stereocenters. The fraction of sp³-hybridized carbons (Fsp3) is 0.188. The van der Waals surface area contributed by atoms with Crippen molar-refractivity contribution in [3.05, 3.63) is 60.2 Å². The topological polar surface area (TPSA) is 12.4 Å². The summed E-state index contributed by atoms with van der Waals surface area (Å²) in [5.41, 5.74) is 3.88. The number of nitrogens with zero attached hydrogens (tertiary/aromatic N) is 1. The molecule has 1 unspecified atom stereocenters. The van der Waals surface area contributed by atoms with E-state index >= 15 is 0 Å². The zero-order valence-corrected chi connectivity index (χ0v) is 9.71. The number of benzene rings is 2. The Balaban J connectivity index is 1.87. The van der Waals surface area contributed by atoms with Gasteiger partial charge in [-0.3, -0.25) is 4.99 Å². The van der Waals surface area contributed by atoms with Crippen molar-refractivity contribution in [1.29, 1.82) is 0 Å². The molecule has 0 saturated carbocycles. The first-order valence-corrected chi connectivity index (χ1v) is 6.10. The van der Waals surface area contributed by atoms with Crippen molar-refractivity contribution in [2.24, 2.45) is 4.99 Å². The molecule has 1 nitrogen and oxygen atoms in total. The first-order chi connectivity index (χ1) is 8.43. The van der Waals surface area contributed by atoms with E-state index < -0.39 is 0 Å². The first kappa shape index (κ1) is 10.3. The summed E-state index contributed by atoms with van der Waals surface area (Å²) < 4.78 is 0. The van der Waals surface area contributed by atoms with Crippen LogP contribution in [-0.4, -0.2) is 6.21 Å². The molecule has 0 fully saturated rings. The minimum Gasteiger partial charge on any atom is -0.289 e. The van der Waals surface area contributed by atoms with Gasteiger partial charge in [0.15, 0.2) is 0 Å². The highest BCUT2D eigenvalue weighted by Gasteiger charge is 2.12. The summed E-state index contributed by atoms with van der Waals surface area (Å²) in [5, 5.41) is 0. The molecule has 3 rings (SSSR count). The van der Waals surface area contributed by atoms with Crippen LogP contribution in [0.4, 0.5) is 0 Å². The Morgan fingerprint density at radius 1 is 0.824 bits per heavy atom. The predicted octanol–water partition coefficient (Wildman–Crippen LogP) is 4.26. The first-order valence-electron chi connectivity index (χ1n) is 6.10. The van der Waals surface area contributed by atoms with Crippen molar-refractivity contribution in [3.8, 4) is 11.1 Å². The minimum atomic E-state index is 0.389. The monoisotopic (exact) mass is 221 g/mol. The highest BCUT2D eigenvalue weighted by atomic mass is 14.8. The van der Waals surface area contributed by atoms with E-state index in [0.717, 1.165) is 12.8 Å². The molecule has 84 valence electrons. The van der Waals surface area contributed by atoms with Gasteiger partial charge in [0.2, 0.25) is 0 Å². The minimum absolute atomic E-state index is 0.389. The lowest BCUT2D eigenvalue weighted by atomic mass is 10.00. The fourth-order valence-electron chi connectivity index (χ4n) is 2.29. The third kappa shape index (κ3) is 2.14. The molecular weight excluding hydrogens is 206 g/mol. The normalized spacial score (nSPS) is 18.5. The van der Waals surface area contributed by atoms with E-state index in [1.165, 1.54) is 16.7 Å². The van der Waals surface area contributed by atoms with Crippen molar-refractivity contribution < 1.29 is 0 Å². The van der Waals surface area contributed by atoms with Gasteiger partial charge in [0, 0.05) is 0 Å². The van der Waals surface area contributed by atoms with Crippen LogP contribution in [0.3, 0.4) is 0 Å². The zero-order valence-electron chi connectivity index (χ0n) is 9.71. The number of hydrogen-bond acceptors (Lipinski definition) is 1. The average molecular weight is 221 g/mol. The number of hydrogen-bond donors (Lipinski definition) is 0. The van der Waals surface area contributed by atoms with E-state index in [0.29, 0.717) is 6.04 Å². The highest BCUT2D eigenvalue weighted by Crippen LogP contribution is 2.28. The molecule has 1 aliphatic rings. The van der Waals surface area contributed by atoms with Crippen molar-refractivity contribution in [3.63, 3.8) is 0 Å². The van der Waals surface area contributed by atoms with Crippen molar-refractivity contribution in [2.75, 3.05) is 0 Å². The lowest BCUT2D eigenvalue weighted by Crippen LogP contribution is -1.90. The maximum Gasteiger partial charge on any atom is 0.0748 e. The summed E-state index contributed by atoms with van der Waals surface area (Å²) in [6.45, 7) is 0. The third-order valence-corrected chi connectivity index (χ3v) is 3.26. The molecule has 0 bridgehead atoms. The molecule has 2 aromatic carbocycles. The molecule has 1 heteroatoms. The molecule has 1 heterocycles. The summed E-state index contributed by atoms with van der Waals surface area (Å²) in [6, 6.07) is 19.7. The average Bonchev–Trinajstić information content (AvgIpc) is 2.94. The highest BCUT2D eigenvalue weighted by molar-refractivity contribution is 5.64. The van der Waals surface area contributed by atoms with Gasteiger partial charge in [0.25, 0.3) is 0 Å². The molecule has 0 amide bonds. The molecule has 0 radical (unpaired) electrons. The SMILES string of the molecule is C1=NC(c2ccc(-c3ccccc3)cc2)CC1. The third-order valence-electron chi connectivity index (χ3n) is 3.26. The van der Waals surface area contributed by atoms with E-state index in [4.69, 9.17) is 0 Å². The van der Waals surface area contributed by atoms with Crippen LogP contribution in [0.5, 0.6) is 0 Å². The van der Waals surface area contributed by atoms with Gasteiger partial charge in [0.05, 0.1) is 6.04 Å². The van der Waals surface area contributed by atoms with E-state index in [1.54, 1.807) is 0 Å². The molecule has 0 spiro atoms. The largest absolute Gasteiger partial charge is 0.289 e. The predicted molar refractivity (Wildman–Crippen MR) is 72.3 cm³/mol. The van der Waals surface area contributed by atoms with Gasteiger partial charge in [-0.25, -0.2) is 0 Å². The Morgan fingerprint density at radius 3 is 2.18 bits per heavy atom. The van der Waals surface area contributed by atoms with Crippen molar-refractivity contribution >= 4 is 6.21 Å². The van der Waals surface area contributed by atoms with Crippen molar-refractivity contribution in [2.45, 2.75) is 18.9 Å². The molecule has 2 aromatic rings. The second kappa shape index (κ2) is 4.54. The molecule has 1 aliphatic heterocycles. The van der Waals surface area contributed by atoms with E-state index in [-0.39, 0.29) is 0 Å². The molecule has 0 aromatic heterocycles. The number of rotatable bonds is 2. The van der Waals surface area contributed by atoms with Crippen LogP contribution in [-0.2, 0) is 0 Å². The van der Waals surface area contributed by atoms with Crippen LogP contribution in [0.2, 0.25) is 0 Å². The van der Waals surface area contributed by atoms with E-state index in [1.807, 2.05) is 12.3 Å². The second-order valence-electron chi connectivity index (χ2n) is 4.41. The standard InChI is InChI=1S/C16H15N/c1-2-5-13(6-3-1)14-8-10-15(11-9-14)16-7-4-12-17-16/h1-3,5-6,8-12,16H,4,7H2. The molecule has 0 aliphatic carbocycles. The molecular formula is C16H15N. The molecule has 0 N–H and O–H groups in total. The summed E-state index contributed by atoms with van der Waals surface area (Å²) >= 11 is 0. The lowest BCUT2D eigenvalue weighted by Gasteiger charge is -2.08. The van der Waals surface area contributed by atoms with Gasteiger partial charge in [-0.2, -0.15) is 0 Å². The molecule has 0 saturated heterocycles. The summed E-state index contributed by atoms with van der Waals surface area (Å²) in [5.74, 6) is 0. The Labute approximate surface area is 102 Å². The molecule has 17 heavy (non-hydrogen) atoms. The van der Waals surface area contributed by atoms with E-state index in [9.17, 15) is 0 Å². The van der Waals surface area contributed by atoms with Gasteiger partial charge in [-0.15, -0.1) is 0 Å². The number of aliphatic imine (C=N–C) groups is 1. The lowest BCUT2D eigenvalue weighted by molar-refractivity contribution is 0.723. The van der Waals surface area contributed by atoms with Crippen LogP contribution in [0.25, 0.3) is 11.1 Å². The van der Waals surface area contributed by atoms with Gasteiger partial charge in [0.1, 0.15) is 0 Å². The van der Waals surface area contributed by atoms with Crippen LogP contribution in [0.15, 0.2) is 59.6 Å². The van der Waals surface area contributed by atoms with Crippen molar-refractivity contribution in [1.82, 2.24) is 0 Å². The summed E-state index contributed by atoms with van der Waals surface area (Å²) in [7, 11) is 0. The van der Waals surface area contributed by atoms with E-state index in [2.05, 4.69) is 53.5 Å². The Bertz CT molecular complexity index is 511. The summed E-state index contributed by atoms with van der Waals surface area (Å²) in [4.78, 5) is 4.48. The van der Waals surface area contributed by atoms with Gasteiger partial charge in [-0.1, -0.05) is 54.6 Å². The van der Waals surface area contributed by atoms with Crippen LogP contribution >= 0.6 is 0 Å². The van der Waals surface area contributed by atoms with Gasteiger partial charge in [-0.05, 0) is 35.7 Å². The van der Waals surface area contributed by atoms with Gasteiger partial charge >= 0.3 is 0 Å². The Hall–Kier alpha value is -1.89.